The van der Waals surface area contributed by atoms with Crippen molar-refractivity contribution in [1.82, 2.24) is 9.78 Å². The van der Waals surface area contributed by atoms with Crippen LogP contribution in [-0.4, -0.2) is 15.7 Å². The number of carbonyl (C=O) groups excluding carboxylic acids is 1. The second-order valence-corrected chi connectivity index (χ2v) is 3.81. The number of primary amides is 1. The smallest absolute Gasteiger partial charge is 0.398 e. The van der Waals surface area contributed by atoms with Gasteiger partial charge in [0.05, 0.1) is 23.0 Å². The molecule has 0 saturated carbocycles. The van der Waals surface area contributed by atoms with Crippen LogP contribution in [0.1, 0.15) is 15.9 Å². The van der Waals surface area contributed by atoms with Gasteiger partial charge in [0.15, 0.2) is 0 Å². The summed E-state index contributed by atoms with van der Waals surface area (Å²) in [6.45, 7) is 0. The molecule has 1 heterocycles. The molecule has 8 heteroatoms. The van der Waals surface area contributed by atoms with Crippen molar-refractivity contribution in [2.24, 2.45) is 5.73 Å². The molecule has 4 N–H and O–H groups in total. The lowest BCUT2D eigenvalue weighted by atomic mass is 10.1. The van der Waals surface area contributed by atoms with Gasteiger partial charge in [-0.15, -0.1) is 0 Å². The molecular formula is C11H9F3N4O. The fourth-order valence-electron chi connectivity index (χ4n) is 1.51. The maximum Gasteiger partial charge on any atom is 0.419 e. The summed E-state index contributed by atoms with van der Waals surface area (Å²) in [6, 6.07) is 4.10. The molecule has 0 spiro atoms. The van der Waals surface area contributed by atoms with Crippen LogP contribution in [0.2, 0.25) is 0 Å². The number of alkyl halides is 3. The highest BCUT2D eigenvalue weighted by Crippen LogP contribution is 2.29. The van der Waals surface area contributed by atoms with E-state index in [-0.39, 0.29) is 16.9 Å². The molecule has 0 radical (unpaired) electrons. The first-order valence-corrected chi connectivity index (χ1v) is 5.10. The van der Waals surface area contributed by atoms with Gasteiger partial charge in [0.25, 0.3) is 5.91 Å². The van der Waals surface area contributed by atoms with Crippen molar-refractivity contribution < 1.29 is 18.0 Å². The molecule has 0 atom stereocenters. The van der Waals surface area contributed by atoms with Crippen LogP contribution >= 0.6 is 0 Å². The van der Waals surface area contributed by atoms with Gasteiger partial charge in [-0.2, -0.15) is 18.3 Å². The van der Waals surface area contributed by atoms with E-state index in [0.29, 0.717) is 6.20 Å². The number of hydrogen-bond donors (Lipinski definition) is 2. The lowest BCUT2D eigenvalue weighted by Crippen LogP contribution is -2.14. The Labute approximate surface area is 105 Å². The highest BCUT2D eigenvalue weighted by molar-refractivity contribution is 5.98. The summed E-state index contributed by atoms with van der Waals surface area (Å²) in [5, 5.41) is 3.59. The largest absolute Gasteiger partial charge is 0.419 e. The molecule has 1 aromatic carbocycles. The van der Waals surface area contributed by atoms with Crippen LogP contribution in [0.5, 0.6) is 0 Å². The van der Waals surface area contributed by atoms with E-state index in [4.69, 9.17) is 11.5 Å². The normalized spacial score (nSPS) is 11.5. The third-order valence-corrected chi connectivity index (χ3v) is 2.48. The first-order chi connectivity index (χ1) is 8.79. The lowest BCUT2D eigenvalue weighted by Gasteiger charge is -2.06. The second-order valence-electron chi connectivity index (χ2n) is 3.81. The van der Waals surface area contributed by atoms with Gasteiger partial charge in [0.1, 0.15) is 0 Å². The number of nitrogens with zero attached hydrogens (tertiary/aromatic N) is 2. The van der Waals surface area contributed by atoms with E-state index in [9.17, 15) is 18.0 Å². The molecule has 0 bridgehead atoms. The standard InChI is InChI=1S/C11H9F3N4O/c12-11(13,14)6-4-17-18(5-6)7-1-2-9(15)8(3-7)10(16)19/h1-5H,15H2,(H2,16,19). The van der Waals surface area contributed by atoms with Gasteiger partial charge in [-0.3, -0.25) is 4.79 Å². The monoisotopic (exact) mass is 270 g/mol. The van der Waals surface area contributed by atoms with Crippen LogP contribution in [0.25, 0.3) is 5.69 Å². The van der Waals surface area contributed by atoms with Crippen molar-refractivity contribution in [2.75, 3.05) is 5.73 Å². The average molecular weight is 270 g/mol. The van der Waals surface area contributed by atoms with Crippen molar-refractivity contribution in [2.45, 2.75) is 6.18 Å². The molecule has 2 aromatic rings. The maximum absolute atomic E-state index is 12.4. The van der Waals surface area contributed by atoms with Crippen LogP contribution in [0.15, 0.2) is 30.6 Å². The van der Waals surface area contributed by atoms with Gasteiger partial charge in [-0.1, -0.05) is 0 Å². The average Bonchev–Trinajstić information content (AvgIpc) is 2.78. The fourth-order valence-corrected chi connectivity index (χ4v) is 1.51. The first-order valence-electron chi connectivity index (χ1n) is 5.10. The van der Waals surface area contributed by atoms with Crippen LogP contribution in [0.4, 0.5) is 18.9 Å². The number of hydrogen-bond acceptors (Lipinski definition) is 3. The minimum absolute atomic E-state index is 0.0292. The van der Waals surface area contributed by atoms with Crippen molar-refractivity contribution in [1.29, 1.82) is 0 Å². The zero-order valence-corrected chi connectivity index (χ0v) is 9.48. The number of anilines is 1. The molecule has 19 heavy (non-hydrogen) atoms. The Morgan fingerprint density at radius 2 is 2.00 bits per heavy atom. The van der Waals surface area contributed by atoms with Crippen molar-refractivity contribution in [3.8, 4) is 5.69 Å². The third kappa shape index (κ3) is 2.51. The molecular weight excluding hydrogens is 261 g/mol. The summed E-state index contributed by atoms with van der Waals surface area (Å²) in [7, 11) is 0. The minimum Gasteiger partial charge on any atom is -0.398 e. The van der Waals surface area contributed by atoms with E-state index < -0.39 is 17.6 Å². The number of rotatable bonds is 2. The van der Waals surface area contributed by atoms with E-state index in [1.807, 2.05) is 0 Å². The molecule has 0 aliphatic rings. The lowest BCUT2D eigenvalue weighted by molar-refractivity contribution is -0.137. The van der Waals surface area contributed by atoms with Gasteiger partial charge in [0.2, 0.25) is 0 Å². The Hall–Kier alpha value is -2.51. The number of amides is 1. The maximum atomic E-state index is 12.4. The predicted molar refractivity (Wildman–Crippen MR) is 61.5 cm³/mol. The molecule has 0 saturated heterocycles. The Morgan fingerprint density at radius 3 is 2.53 bits per heavy atom. The van der Waals surface area contributed by atoms with Crippen LogP contribution < -0.4 is 11.5 Å². The Kier molecular flexibility index (Phi) is 2.93. The number of halogens is 3. The highest BCUT2D eigenvalue weighted by Gasteiger charge is 2.32. The summed E-state index contributed by atoms with van der Waals surface area (Å²) in [4.78, 5) is 11.1. The van der Waals surface area contributed by atoms with E-state index >= 15 is 0 Å². The summed E-state index contributed by atoms with van der Waals surface area (Å²) in [6.07, 6.45) is -2.96. The topological polar surface area (TPSA) is 86.9 Å². The summed E-state index contributed by atoms with van der Waals surface area (Å²) < 4.78 is 38.3. The quantitative estimate of drug-likeness (QED) is 0.812. The van der Waals surface area contributed by atoms with Gasteiger partial charge < -0.3 is 11.5 Å². The molecule has 1 aromatic heterocycles. The van der Waals surface area contributed by atoms with Crippen LogP contribution in [-0.2, 0) is 6.18 Å². The highest BCUT2D eigenvalue weighted by atomic mass is 19.4. The van der Waals surface area contributed by atoms with Gasteiger partial charge in [-0.05, 0) is 18.2 Å². The fraction of sp³-hybridized carbons (Fsp3) is 0.0909. The molecule has 0 aliphatic carbocycles. The second kappa shape index (κ2) is 4.30. The molecule has 0 unspecified atom stereocenters. The van der Waals surface area contributed by atoms with Crippen molar-refractivity contribution >= 4 is 11.6 Å². The summed E-state index contributed by atoms with van der Waals surface area (Å²) >= 11 is 0. The molecule has 2 rings (SSSR count). The number of nitrogens with two attached hydrogens (primary N) is 2. The predicted octanol–water partition coefficient (Wildman–Crippen LogP) is 1.57. The third-order valence-electron chi connectivity index (χ3n) is 2.48. The molecule has 100 valence electrons. The SMILES string of the molecule is NC(=O)c1cc(-n2cc(C(F)(F)F)cn2)ccc1N. The summed E-state index contributed by atoms with van der Waals surface area (Å²) in [5.74, 6) is -0.762. The number of nitrogen functional groups attached to an aromatic ring is 1. The number of aromatic nitrogens is 2. The van der Waals surface area contributed by atoms with Crippen LogP contribution in [0.3, 0.4) is 0 Å². The van der Waals surface area contributed by atoms with E-state index in [1.54, 1.807) is 0 Å². The van der Waals surface area contributed by atoms with Crippen LogP contribution in [0, 0.1) is 0 Å². The molecule has 0 fully saturated rings. The van der Waals surface area contributed by atoms with Gasteiger partial charge >= 0.3 is 6.18 Å². The van der Waals surface area contributed by atoms with Gasteiger partial charge in [-0.25, -0.2) is 4.68 Å². The minimum atomic E-state index is -4.47. The zero-order chi connectivity index (χ0) is 14.2. The Morgan fingerprint density at radius 1 is 1.32 bits per heavy atom. The van der Waals surface area contributed by atoms with Crippen molar-refractivity contribution in [3.05, 3.63) is 41.7 Å². The molecule has 5 nitrogen and oxygen atoms in total. The van der Waals surface area contributed by atoms with Crippen molar-refractivity contribution in [3.63, 3.8) is 0 Å². The van der Waals surface area contributed by atoms with E-state index in [2.05, 4.69) is 5.10 Å². The first kappa shape index (κ1) is 12.9. The van der Waals surface area contributed by atoms with Gasteiger partial charge in [0, 0.05) is 11.9 Å². The van der Waals surface area contributed by atoms with E-state index in [0.717, 1.165) is 10.9 Å². The molecule has 0 aliphatic heterocycles. The summed E-state index contributed by atoms with van der Waals surface area (Å²) in [5.41, 5.74) is 10.2. The number of benzene rings is 1. The van der Waals surface area contributed by atoms with E-state index in [1.165, 1.54) is 18.2 Å². The molecule has 1 amide bonds. The Bertz CT molecular complexity index is 633. The zero-order valence-electron chi connectivity index (χ0n) is 9.48. The number of carbonyl (C=O) groups is 1. The Balaban J connectivity index is 2.45.